The molecule has 0 aromatic heterocycles. The molecule has 0 aliphatic carbocycles. The van der Waals surface area contributed by atoms with Crippen LogP contribution in [0, 0.1) is 0 Å². The third-order valence-corrected chi connectivity index (χ3v) is 3.29. The zero-order chi connectivity index (χ0) is 17.2. The number of likely N-dealkylation sites (N-methyl/N-ethyl adjacent to an activating group) is 1. The van der Waals surface area contributed by atoms with E-state index in [-0.39, 0.29) is 30.8 Å². The van der Waals surface area contributed by atoms with Crippen molar-refractivity contribution in [2.45, 2.75) is 13.8 Å². The van der Waals surface area contributed by atoms with Gasteiger partial charge in [0.05, 0.1) is 13.1 Å². The number of carbonyl (C=O) groups excluding carboxylic acids is 3. The van der Waals surface area contributed by atoms with Crippen LogP contribution < -0.4 is 16.0 Å². The maximum absolute atomic E-state index is 12.3. The molecule has 0 fully saturated rings. The van der Waals surface area contributed by atoms with Gasteiger partial charge in [0.1, 0.15) is 0 Å². The fourth-order valence-electron chi connectivity index (χ4n) is 2.01. The SMILES string of the molecule is CCN(CC)C(=O)c1cccc(NC(=O)CNCC(=O)NC)c1. The number of nitrogens with one attached hydrogen (secondary N) is 3. The number of carbonyl (C=O) groups is 3. The fourth-order valence-corrected chi connectivity index (χ4v) is 2.01. The first-order valence-electron chi connectivity index (χ1n) is 7.62. The van der Waals surface area contributed by atoms with Crippen LogP contribution in [0.1, 0.15) is 24.2 Å². The van der Waals surface area contributed by atoms with Gasteiger partial charge in [-0.05, 0) is 32.0 Å². The van der Waals surface area contributed by atoms with E-state index in [1.165, 1.54) is 7.05 Å². The van der Waals surface area contributed by atoms with Gasteiger partial charge < -0.3 is 15.5 Å². The van der Waals surface area contributed by atoms with Crippen molar-refractivity contribution >= 4 is 23.4 Å². The second-order valence-corrected chi connectivity index (χ2v) is 4.88. The Morgan fingerprint density at radius 1 is 1.04 bits per heavy atom. The molecule has 7 nitrogen and oxygen atoms in total. The molecule has 1 rings (SSSR count). The van der Waals surface area contributed by atoms with Crippen LogP contribution in [0.2, 0.25) is 0 Å². The molecular weight excluding hydrogens is 296 g/mol. The van der Waals surface area contributed by atoms with E-state index in [4.69, 9.17) is 0 Å². The van der Waals surface area contributed by atoms with Gasteiger partial charge in [0.15, 0.2) is 0 Å². The summed E-state index contributed by atoms with van der Waals surface area (Å²) in [5.41, 5.74) is 1.08. The fraction of sp³-hybridized carbons (Fsp3) is 0.438. The van der Waals surface area contributed by atoms with Crippen molar-refractivity contribution in [1.29, 1.82) is 0 Å². The van der Waals surface area contributed by atoms with E-state index in [0.717, 1.165) is 0 Å². The van der Waals surface area contributed by atoms with E-state index >= 15 is 0 Å². The number of hydrogen-bond acceptors (Lipinski definition) is 4. The molecule has 1 aromatic carbocycles. The average Bonchev–Trinajstić information content (AvgIpc) is 2.55. The van der Waals surface area contributed by atoms with E-state index < -0.39 is 0 Å². The van der Waals surface area contributed by atoms with Crippen LogP contribution in [-0.4, -0.2) is 55.8 Å². The van der Waals surface area contributed by atoms with Crippen molar-refractivity contribution in [3.63, 3.8) is 0 Å². The van der Waals surface area contributed by atoms with Crippen LogP contribution in [0.15, 0.2) is 24.3 Å². The first-order valence-corrected chi connectivity index (χ1v) is 7.62. The Hall–Kier alpha value is -2.41. The van der Waals surface area contributed by atoms with Gasteiger partial charge in [-0.15, -0.1) is 0 Å². The molecule has 0 aliphatic heterocycles. The van der Waals surface area contributed by atoms with Gasteiger partial charge in [-0.3, -0.25) is 19.7 Å². The van der Waals surface area contributed by atoms with Crippen LogP contribution >= 0.6 is 0 Å². The van der Waals surface area contributed by atoms with Gasteiger partial charge in [0, 0.05) is 31.4 Å². The van der Waals surface area contributed by atoms with Crippen molar-refractivity contribution in [2.75, 3.05) is 38.5 Å². The molecule has 1 aromatic rings. The van der Waals surface area contributed by atoms with Gasteiger partial charge in [-0.25, -0.2) is 0 Å². The van der Waals surface area contributed by atoms with Gasteiger partial charge in [-0.1, -0.05) is 6.07 Å². The number of rotatable bonds is 8. The van der Waals surface area contributed by atoms with E-state index in [1.807, 2.05) is 13.8 Å². The molecular formula is C16H24N4O3. The maximum atomic E-state index is 12.3. The number of hydrogen-bond donors (Lipinski definition) is 3. The lowest BCUT2D eigenvalue weighted by Crippen LogP contribution is -2.36. The molecule has 23 heavy (non-hydrogen) atoms. The molecule has 7 heteroatoms. The zero-order valence-electron chi connectivity index (χ0n) is 13.8. The lowest BCUT2D eigenvalue weighted by atomic mass is 10.1. The van der Waals surface area contributed by atoms with Crippen LogP contribution in [-0.2, 0) is 9.59 Å². The molecule has 126 valence electrons. The van der Waals surface area contributed by atoms with Crippen LogP contribution in [0.5, 0.6) is 0 Å². The first kappa shape index (κ1) is 18.6. The third kappa shape index (κ3) is 6.07. The lowest BCUT2D eigenvalue weighted by Gasteiger charge is -2.19. The third-order valence-electron chi connectivity index (χ3n) is 3.29. The smallest absolute Gasteiger partial charge is 0.253 e. The summed E-state index contributed by atoms with van der Waals surface area (Å²) in [5, 5.41) is 7.89. The number of anilines is 1. The van der Waals surface area contributed by atoms with Gasteiger partial charge in [-0.2, -0.15) is 0 Å². The second kappa shape index (κ2) is 9.58. The zero-order valence-corrected chi connectivity index (χ0v) is 13.8. The summed E-state index contributed by atoms with van der Waals surface area (Å²) in [6.07, 6.45) is 0. The molecule has 3 amide bonds. The molecule has 0 unspecified atom stereocenters. The molecule has 0 aliphatic rings. The highest BCUT2D eigenvalue weighted by Crippen LogP contribution is 2.12. The Labute approximate surface area is 136 Å². The molecule has 0 atom stereocenters. The Balaban J connectivity index is 2.61. The largest absolute Gasteiger partial charge is 0.358 e. The summed E-state index contributed by atoms with van der Waals surface area (Å²) in [6.45, 7) is 5.20. The number of benzene rings is 1. The Morgan fingerprint density at radius 2 is 1.70 bits per heavy atom. The molecule has 0 bridgehead atoms. The van der Waals surface area contributed by atoms with E-state index in [0.29, 0.717) is 24.3 Å². The predicted octanol–water partition coefficient (Wildman–Crippen LogP) is 0.443. The molecule has 3 N–H and O–H groups in total. The Bertz CT molecular complexity index is 556. The molecule has 0 saturated heterocycles. The van der Waals surface area contributed by atoms with Crippen molar-refractivity contribution in [2.24, 2.45) is 0 Å². The van der Waals surface area contributed by atoms with Crippen molar-refractivity contribution in [3.05, 3.63) is 29.8 Å². The highest BCUT2D eigenvalue weighted by molar-refractivity contribution is 5.97. The summed E-state index contributed by atoms with van der Waals surface area (Å²) < 4.78 is 0. The maximum Gasteiger partial charge on any atom is 0.253 e. The first-order chi connectivity index (χ1) is 11.0. The van der Waals surface area contributed by atoms with Crippen molar-refractivity contribution in [1.82, 2.24) is 15.5 Å². The van der Waals surface area contributed by atoms with Crippen LogP contribution in [0.25, 0.3) is 0 Å². The molecule has 0 spiro atoms. The number of nitrogens with zero attached hydrogens (tertiary/aromatic N) is 1. The minimum atomic E-state index is -0.277. The van der Waals surface area contributed by atoms with Crippen molar-refractivity contribution < 1.29 is 14.4 Å². The van der Waals surface area contributed by atoms with E-state index in [9.17, 15) is 14.4 Å². The van der Waals surface area contributed by atoms with Gasteiger partial charge >= 0.3 is 0 Å². The lowest BCUT2D eigenvalue weighted by molar-refractivity contribution is -0.120. The predicted molar refractivity (Wildman–Crippen MR) is 89.3 cm³/mol. The molecule has 0 heterocycles. The second-order valence-electron chi connectivity index (χ2n) is 4.88. The Morgan fingerprint density at radius 3 is 2.30 bits per heavy atom. The quantitative estimate of drug-likeness (QED) is 0.648. The van der Waals surface area contributed by atoms with Crippen LogP contribution in [0.3, 0.4) is 0 Å². The summed E-state index contributed by atoms with van der Waals surface area (Å²) in [7, 11) is 1.53. The van der Waals surface area contributed by atoms with E-state index in [1.54, 1.807) is 29.2 Å². The highest BCUT2D eigenvalue weighted by Gasteiger charge is 2.13. The average molecular weight is 320 g/mol. The van der Waals surface area contributed by atoms with E-state index in [2.05, 4.69) is 16.0 Å². The molecule has 0 saturated carbocycles. The summed E-state index contributed by atoms with van der Waals surface area (Å²) in [5.74, 6) is -0.533. The van der Waals surface area contributed by atoms with Crippen LogP contribution in [0.4, 0.5) is 5.69 Å². The summed E-state index contributed by atoms with van der Waals surface area (Å²) in [4.78, 5) is 36.8. The monoisotopic (exact) mass is 320 g/mol. The van der Waals surface area contributed by atoms with Crippen molar-refractivity contribution in [3.8, 4) is 0 Å². The summed E-state index contributed by atoms with van der Waals surface area (Å²) >= 11 is 0. The van der Waals surface area contributed by atoms with Gasteiger partial charge in [0.2, 0.25) is 11.8 Å². The highest BCUT2D eigenvalue weighted by atomic mass is 16.2. The minimum absolute atomic E-state index is 0.0155. The molecule has 0 radical (unpaired) electrons. The van der Waals surface area contributed by atoms with Gasteiger partial charge in [0.25, 0.3) is 5.91 Å². The normalized spacial score (nSPS) is 10.0. The Kier molecular flexibility index (Phi) is 7.76. The number of amides is 3. The topological polar surface area (TPSA) is 90.5 Å². The standard InChI is InChI=1S/C16H24N4O3/c1-4-20(5-2)16(23)12-7-6-8-13(9-12)19-15(22)11-18-10-14(21)17-3/h6-9,18H,4-5,10-11H2,1-3H3,(H,17,21)(H,19,22). The minimum Gasteiger partial charge on any atom is -0.358 e. The summed E-state index contributed by atoms with van der Waals surface area (Å²) in [6, 6.07) is 6.82.